The first kappa shape index (κ1) is 25.7. The molecule has 0 aliphatic rings. The van der Waals surface area contributed by atoms with E-state index in [4.69, 9.17) is 38.3 Å². The molecule has 0 rings (SSSR count). The Morgan fingerprint density at radius 3 is 1.15 bits per heavy atom. The topological polar surface area (TPSA) is 119 Å². The van der Waals surface area contributed by atoms with Crippen molar-refractivity contribution in [2.24, 2.45) is 0 Å². The van der Waals surface area contributed by atoms with Crippen LogP contribution in [0.3, 0.4) is 0 Å². The monoisotopic (exact) mass is 396 g/mol. The van der Waals surface area contributed by atoms with Crippen LogP contribution in [0.2, 0.25) is 0 Å². The van der Waals surface area contributed by atoms with Gasteiger partial charge in [0.2, 0.25) is 0 Å². The third-order valence-electron chi connectivity index (χ3n) is 2.85. The van der Waals surface area contributed by atoms with Gasteiger partial charge in [-0.2, -0.15) is 0 Å². The molecule has 1 N–H and O–H groups in total. The molecular formula is C17H32O10. The highest BCUT2D eigenvalue weighted by atomic mass is 16.6. The van der Waals surface area contributed by atoms with E-state index >= 15 is 0 Å². The van der Waals surface area contributed by atoms with E-state index in [1.54, 1.807) is 0 Å². The molecule has 0 unspecified atom stereocenters. The lowest BCUT2D eigenvalue weighted by Gasteiger charge is -2.08. The summed E-state index contributed by atoms with van der Waals surface area (Å²) >= 11 is 0. The molecule has 0 fully saturated rings. The van der Waals surface area contributed by atoms with Crippen molar-refractivity contribution in [2.75, 3.05) is 85.9 Å². The first-order valence-electron chi connectivity index (χ1n) is 8.94. The molecule has 0 radical (unpaired) electrons. The number of rotatable bonds is 21. The van der Waals surface area contributed by atoms with E-state index in [0.717, 1.165) is 0 Å². The van der Waals surface area contributed by atoms with Gasteiger partial charge in [-0.15, -0.1) is 0 Å². The van der Waals surface area contributed by atoms with Crippen molar-refractivity contribution < 1.29 is 47.9 Å². The Hall–Kier alpha value is -1.30. The summed E-state index contributed by atoms with van der Waals surface area (Å²) in [5.74, 6) is -1.19. The fourth-order valence-corrected chi connectivity index (χ4v) is 1.61. The van der Waals surface area contributed by atoms with E-state index in [-0.39, 0.29) is 25.6 Å². The third kappa shape index (κ3) is 24.7. The van der Waals surface area contributed by atoms with E-state index in [1.807, 2.05) is 0 Å². The Morgan fingerprint density at radius 1 is 0.556 bits per heavy atom. The molecule has 0 aromatic rings. The Morgan fingerprint density at radius 2 is 0.852 bits per heavy atom. The van der Waals surface area contributed by atoms with E-state index in [1.165, 1.54) is 6.92 Å². The van der Waals surface area contributed by atoms with E-state index < -0.39 is 5.97 Å². The zero-order valence-corrected chi connectivity index (χ0v) is 16.0. The molecule has 0 aliphatic carbocycles. The predicted molar refractivity (Wildman–Crippen MR) is 93.8 cm³/mol. The summed E-state index contributed by atoms with van der Waals surface area (Å²) in [6, 6.07) is 0. The standard InChI is InChI=1S/C17H32O10/c1-16(18)27-15-14-26-13-12-25-11-10-24-9-8-23-7-6-22-5-4-21-3-2-17(19)20/h2-15H2,1H3,(H,19,20). The molecule has 0 bridgehead atoms. The largest absolute Gasteiger partial charge is 0.481 e. The molecule has 10 heteroatoms. The van der Waals surface area contributed by atoms with Crippen LogP contribution >= 0.6 is 0 Å². The van der Waals surface area contributed by atoms with Gasteiger partial charge in [0, 0.05) is 6.92 Å². The highest BCUT2D eigenvalue weighted by Crippen LogP contribution is 1.86. The zero-order valence-electron chi connectivity index (χ0n) is 16.0. The lowest BCUT2D eigenvalue weighted by molar-refractivity contribution is -0.142. The van der Waals surface area contributed by atoms with E-state index in [9.17, 15) is 9.59 Å². The number of carbonyl (C=O) groups is 2. The second-order valence-corrected chi connectivity index (χ2v) is 5.16. The number of aliphatic carboxylic acids is 1. The summed E-state index contributed by atoms with van der Waals surface area (Å²) in [5, 5.41) is 8.42. The molecular weight excluding hydrogens is 364 g/mol. The minimum atomic E-state index is -0.875. The number of ether oxygens (including phenoxy) is 7. The number of carboxylic acid groups (broad SMARTS) is 1. The van der Waals surface area contributed by atoms with Crippen molar-refractivity contribution in [1.82, 2.24) is 0 Å². The van der Waals surface area contributed by atoms with Gasteiger partial charge < -0.3 is 38.3 Å². The zero-order chi connectivity index (χ0) is 20.0. The molecule has 0 saturated heterocycles. The van der Waals surface area contributed by atoms with Crippen molar-refractivity contribution >= 4 is 11.9 Å². The van der Waals surface area contributed by atoms with Crippen molar-refractivity contribution in [3.63, 3.8) is 0 Å². The Kier molecular flexibility index (Phi) is 20.0. The number of esters is 1. The van der Waals surface area contributed by atoms with Gasteiger partial charge in [-0.1, -0.05) is 0 Å². The quantitative estimate of drug-likeness (QED) is 0.212. The van der Waals surface area contributed by atoms with Crippen molar-refractivity contribution in [3.05, 3.63) is 0 Å². The van der Waals surface area contributed by atoms with Crippen LogP contribution in [0.1, 0.15) is 13.3 Å². The summed E-state index contributed by atoms with van der Waals surface area (Å²) < 4.78 is 36.2. The third-order valence-corrected chi connectivity index (χ3v) is 2.85. The fourth-order valence-electron chi connectivity index (χ4n) is 1.61. The van der Waals surface area contributed by atoms with Crippen LogP contribution in [0.5, 0.6) is 0 Å². The summed E-state index contributed by atoms with van der Waals surface area (Å²) in [6.07, 6.45) is -0.000419. The molecule has 0 aliphatic heterocycles. The van der Waals surface area contributed by atoms with Gasteiger partial charge in [0.25, 0.3) is 0 Å². The minimum Gasteiger partial charge on any atom is -0.481 e. The van der Waals surface area contributed by atoms with Crippen LogP contribution in [0.25, 0.3) is 0 Å². The Labute approximate surface area is 159 Å². The molecule has 0 aromatic heterocycles. The molecule has 0 amide bonds. The van der Waals surface area contributed by atoms with Crippen LogP contribution in [-0.4, -0.2) is 103 Å². The average Bonchev–Trinajstić information content (AvgIpc) is 2.62. The summed E-state index contributed by atoms with van der Waals surface area (Å²) in [6.45, 7) is 6.62. The van der Waals surface area contributed by atoms with Gasteiger partial charge in [0.1, 0.15) is 6.61 Å². The first-order valence-corrected chi connectivity index (χ1v) is 8.94. The molecule has 0 spiro atoms. The highest BCUT2D eigenvalue weighted by Gasteiger charge is 1.97. The molecule has 0 saturated carbocycles. The average molecular weight is 396 g/mol. The molecule has 27 heavy (non-hydrogen) atoms. The normalized spacial score (nSPS) is 10.9. The Bertz CT molecular complexity index is 319. The molecule has 0 heterocycles. The first-order chi connectivity index (χ1) is 13.1. The van der Waals surface area contributed by atoms with Gasteiger partial charge in [-0.3, -0.25) is 9.59 Å². The highest BCUT2D eigenvalue weighted by molar-refractivity contribution is 5.66. The summed E-state index contributed by atoms with van der Waals surface area (Å²) in [7, 11) is 0. The maximum absolute atomic E-state index is 10.5. The van der Waals surface area contributed by atoms with Gasteiger partial charge in [0.05, 0.1) is 85.7 Å². The number of carbonyl (C=O) groups excluding carboxylic acids is 1. The van der Waals surface area contributed by atoms with Crippen molar-refractivity contribution in [2.45, 2.75) is 13.3 Å². The van der Waals surface area contributed by atoms with Crippen molar-refractivity contribution in [3.8, 4) is 0 Å². The van der Waals surface area contributed by atoms with Crippen molar-refractivity contribution in [1.29, 1.82) is 0 Å². The van der Waals surface area contributed by atoms with Gasteiger partial charge in [-0.05, 0) is 0 Å². The molecule has 0 atom stereocenters. The van der Waals surface area contributed by atoms with Crippen LogP contribution in [-0.2, 0) is 42.7 Å². The van der Waals surface area contributed by atoms with Gasteiger partial charge in [0.15, 0.2) is 0 Å². The number of hydrogen-bond acceptors (Lipinski definition) is 9. The predicted octanol–water partition coefficient (Wildman–Crippen LogP) is 0.124. The van der Waals surface area contributed by atoms with Crippen LogP contribution in [0, 0.1) is 0 Å². The van der Waals surface area contributed by atoms with Crippen LogP contribution < -0.4 is 0 Å². The second kappa shape index (κ2) is 21.0. The fraction of sp³-hybridized carbons (Fsp3) is 0.882. The Balaban J connectivity index is 3.01. The van der Waals surface area contributed by atoms with Gasteiger partial charge >= 0.3 is 11.9 Å². The number of hydrogen-bond donors (Lipinski definition) is 1. The van der Waals surface area contributed by atoms with Crippen LogP contribution in [0.15, 0.2) is 0 Å². The minimum absolute atomic E-state index is 0.000419. The van der Waals surface area contributed by atoms with E-state index in [0.29, 0.717) is 72.7 Å². The summed E-state index contributed by atoms with van der Waals surface area (Å²) in [5.41, 5.74) is 0. The lowest BCUT2D eigenvalue weighted by Crippen LogP contribution is -2.15. The SMILES string of the molecule is CC(=O)OCCOCCOCCOCCOCCOCCOCCC(=O)O. The van der Waals surface area contributed by atoms with Gasteiger partial charge in [-0.25, -0.2) is 0 Å². The molecule has 0 aromatic carbocycles. The lowest BCUT2D eigenvalue weighted by atomic mass is 10.5. The maximum Gasteiger partial charge on any atom is 0.305 e. The van der Waals surface area contributed by atoms with Crippen LogP contribution in [0.4, 0.5) is 0 Å². The molecule has 160 valence electrons. The smallest absolute Gasteiger partial charge is 0.305 e. The number of carboxylic acids is 1. The second-order valence-electron chi connectivity index (χ2n) is 5.16. The van der Waals surface area contributed by atoms with E-state index in [2.05, 4.69) is 0 Å². The molecule has 10 nitrogen and oxygen atoms in total. The maximum atomic E-state index is 10.5. The summed E-state index contributed by atoms with van der Waals surface area (Å²) in [4.78, 5) is 20.7.